The van der Waals surface area contributed by atoms with E-state index >= 15 is 0 Å². The molecule has 0 aromatic heterocycles. The molecule has 0 radical (unpaired) electrons. The predicted molar refractivity (Wildman–Crippen MR) is 70.3 cm³/mol. The molecule has 1 aliphatic heterocycles. The highest BCUT2D eigenvalue weighted by atomic mass is 16.2. The molecule has 7 heteroatoms. The molecule has 2 N–H and O–H groups in total. The molecular formula is C12H22N4O3. The molecular weight excluding hydrogens is 248 g/mol. The third-order valence-corrected chi connectivity index (χ3v) is 3.31. The maximum absolute atomic E-state index is 11.8. The van der Waals surface area contributed by atoms with Gasteiger partial charge >= 0.3 is 0 Å². The van der Waals surface area contributed by atoms with Gasteiger partial charge < -0.3 is 15.5 Å². The minimum Gasteiger partial charge on any atom is -0.359 e. The molecule has 108 valence electrons. The highest BCUT2D eigenvalue weighted by molar-refractivity contribution is 5.81. The molecule has 0 aliphatic carbocycles. The summed E-state index contributed by atoms with van der Waals surface area (Å²) in [5.74, 6) is -0.543. The molecule has 19 heavy (non-hydrogen) atoms. The van der Waals surface area contributed by atoms with Gasteiger partial charge in [0.05, 0.1) is 12.5 Å². The molecule has 3 amide bonds. The number of hydrogen-bond acceptors (Lipinski definition) is 4. The number of hydrogen-bond donors (Lipinski definition) is 2. The monoisotopic (exact) mass is 270 g/mol. The summed E-state index contributed by atoms with van der Waals surface area (Å²) in [4.78, 5) is 38.3. The Morgan fingerprint density at radius 3 is 2.32 bits per heavy atom. The summed E-state index contributed by atoms with van der Waals surface area (Å²) < 4.78 is 0. The van der Waals surface area contributed by atoms with E-state index in [-0.39, 0.29) is 30.2 Å². The molecule has 1 fully saturated rings. The lowest BCUT2D eigenvalue weighted by atomic mass is 10.1. The van der Waals surface area contributed by atoms with Crippen LogP contribution in [0.25, 0.3) is 0 Å². The van der Waals surface area contributed by atoms with Crippen LogP contribution in [0.4, 0.5) is 0 Å². The Bertz CT molecular complexity index is 359. The molecule has 0 unspecified atom stereocenters. The summed E-state index contributed by atoms with van der Waals surface area (Å²) in [5, 5.41) is 5.17. The Morgan fingerprint density at radius 2 is 1.79 bits per heavy atom. The Hall–Kier alpha value is -1.63. The number of nitrogens with one attached hydrogen (secondary N) is 2. The lowest BCUT2D eigenvalue weighted by molar-refractivity contribution is -0.131. The first-order valence-corrected chi connectivity index (χ1v) is 6.38. The molecule has 7 nitrogen and oxygen atoms in total. The highest BCUT2D eigenvalue weighted by Gasteiger charge is 2.29. The number of carbonyl (C=O) groups is 3. The van der Waals surface area contributed by atoms with Crippen LogP contribution in [0.3, 0.4) is 0 Å². The van der Waals surface area contributed by atoms with Crippen molar-refractivity contribution in [2.75, 3.05) is 46.8 Å². The zero-order chi connectivity index (χ0) is 14.4. The quantitative estimate of drug-likeness (QED) is 0.638. The van der Waals surface area contributed by atoms with Crippen LogP contribution in [-0.2, 0) is 14.4 Å². The Kier molecular flexibility index (Phi) is 5.75. The lowest BCUT2D eigenvalue weighted by Gasteiger charge is -2.22. The van der Waals surface area contributed by atoms with Crippen molar-refractivity contribution in [3.05, 3.63) is 0 Å². The first-order chi connectivity index (χ1) is 8.97. The van der Waals surface area contributed by atoms with Gasteiger partial charge in [-0.2, -0.15) is 0 Å². The standard InChI is InChI=1S/C12H22N4O3/c1-9(17)16-5-4-15(8-11(18)13-2)6-10(7-16)12(19)14-3/h10H,4-8H2,1-3H3,(H,13,18)(H,14,19)/t10-/m0/s1. The van der Waals surface area contributed by atoms with Crippen LogP contribution in [0, 0.1) is 5.92 Å². The van der Waals surface area contributed by atoms with Gasteiger partial charge in [0, 0.05) is 47.2 Å². The van der Waals surface area contributed by atoms with Crippen molar-refractivity contribution < 1.29 is 14.4 Å². The molecule has 0 aromatic rings. The zero-order valence-corrected chi connectivity index (χ0v) is 11.7. The Labute approximate surface area is 113 Å². The largest absolute Gasteiger partial charge is 0.359 e. The van der Waals surface area contributed by atoms with Gasteiger partial charge in [0.15, 0.2) is 0 Å². The molecule has 1 aliphatic rings. The van der Waals surface area contributed by atoms with Crippen LogP contribution in [0.5, 0.6) is 0 Å². The van der Waals surface area contributed by atoms with E-state index in [0.717, 1.165) is 0 Å². The van der Waals surface area contributed by atoms with Crippen LogP contribution < -0.4 is 10.6 Å². The van der Waals surface area contributed by atoms with Gasteiger partial charge in [0.2, 0.25) is 17.7 Å². The maximum Gasteiger partial charge on any atom is 0.233 e. The summed E-state index contributed by atoms with van der Waals surface area (Å²) >= 11 is 0. The second-order valence-corrected chi connectivity index (χ2v) is 4.68. The minimum absolute atomic E-state index is 0.0457. The Morgan fingerprint density at radius 1 is 1.11 bits per heavy atom. The van der Waals surface area contributed by atoms with Crippen molar-refractivity contribution >= 4 is 17.7 Å². The van der Waals surface area contributed by atoms with Gasteiger partial charge in [-0.1, -0.05) is 0 Å². The highest BCUT2D eigenvalue weighted by Crippen LogP contribution is 2.10. The van der Waals surface area contributed by atoms with Crippen molar-refractivity contribution in [1.82, 2.24) is 20.4 Å². The summed E-state index contributed by atoms with van der Waals surface area (Å²) in [7, 11) is 3.16. The molecule has 0 saturated carbocycles. The lowest BCUT2D eigenvalue weighted by Crippen LogP contribution is -2.42. The second-order valence-electron chi connectivity index (χ2n) is 4.68. The summed E-state index contributed by atoms with van der Waals surface area (Å²) in [6.07, 6.45) is 0. The van der Waals surface area contributed by atoms with Gasteiger partial charge in [-0.3, -0.25) is 19.3 Å². The summed E-state index contributed by atoms with van der Waals surface area (Å²) in [5.41, 5.74) is 0. The average Bonchev–Trinajstić information content (AvgIpc) is 2.60. The Balaban J connectivity index is 2.75. The number of rotatable bonds is 3. The van der Waals surface area contributed by atoms with E-state index in [0.29, 0.717) is 26.2 Å². The van der Waals surface area contributed by atoms with Gasteiger partial charge in [0.1, 0.15) is 0 Å². The van der Waals surface area contributed by atoms with Crippen LogP contribution in [0.15, 0.2) is 0 Å². The zero-order valence-electron chi connectivity index (χ0n) is 11.7. The fourth-order valence-corrected chi connectivity index (χ4v) is 2.16. The number of nitrogens with zero attached hydrogens (tertiary/aromatic N) is 2. The van der Waals surface area contributed by atoms with Gasteiger partial charge in [-0.05, 0) is 0 Å². The molecule has 1 heterocycles. The fourth-order valence-electron chi connectivity index (χ4n) is 2.16. The SMILES string of the molecule is CNC(=O)CN1CCN(C(C)=O)C[C@@H](C(=O)NC)C1. The fraction of sp³-hybridized carbons (Fsp3) is 0.750. The van der Waals surface area contributed by atoms with E-state index in [2.05, 4.69) is 10.6 Å². The summed E-state index contributed by atoms with van der Waals surface area (Å²) in [6.45, 7) is 3.77. The summed E-state index contributed by atoms with van der Waals surface area (Å²) in [6, 6.07) is 0. The predicted octanol–water partition coefficient (Wildman–Crippen LogP) is -1.74. The van der Waals surface area contributed by atoms with Gasteiger partial charge in [-0.15, -0.1) is 0 Å². The number of amides is 3. The first-order valence-electron chi connectivity index (χ1n) is 6.38. The molecule has 1 rings (SSSR count). The van der Waals surface area contributed by atoms with Gasteiger partial charge in [-0.25, -0.2) is 0 Å². The van der Waals surface area contributed by atoms with E-state index in [9.17, 15) is 14.4 Å². The normalized spacial score (nSPS) is 20.6. The first kappa shape index (κ1) is 15.4. The van der Waals surface area contributed by atoms with E-state index in [4.69, 9.17) is 0 Å². The van der Waals surface area contributed by atoms with Crippen LogP contribution in [-0.4, -0.2) is 74.3 Å². The van der Waals surface area contributed by atoms with E-state index in [1.807, 2.05) is 4.90 Å². The molecule has 1 atom stereocenters. The number of carbonyl (C=O) groups excluding carboxylic acids is 3. The van der Waals surface area contributed by atoms with Crippen molar-refractivity contribution in [2.24, 2.45) is 5.92 Å². The van der Waals surface area contributed by atoms with Crippen molar-refractivity contribution in [1.29, 1.82) is 0 Å². The van der Waals surface area contributed by atoms with Crippen LogP contribution in [0.1, 0.15) is 6.92 Å². The van der Waals surface area contributed by atoms with Gasteiger partial charge in [0.25, 0.3) is 0 Å². The third kappa shape index (κ3) is 4.51. The van der Waals surface area contributed by atoms with Crippen LogP contribution in [0.2, 0.25) is 0 Å². The molecule has 0 aromatic carbocycles. The van der Waals surface area contributed by atoms with Crippen molar-refractivity contribution in [2.45, 2.75) is 6.92 Å². The molecule has 0 bridgehead atoms. The van der Waals surface area contributed by atoms with Crippen LogP contribution >= 0.6 is 0 Å². The van der Waals surface area contributed by atoms with Crippen molar-refractivity contribution in [3.63, 3.8) is 0 Å². The van der Waals surface area contributed by atoms with E-state index in [1.54, 1.807) is 19.0 Å². The molecule has 0 spiro atoms. The third-order valence-electron chi connectivity index (χ3n) is 3.31. The average molecular weight is 270 g/mol. The molecule has 1 saturated heterocycles. The topological polar surface area (TPSA) is 81.8 Å². The maximum atomic E-state index is 11.8. The van der Waals surface area contributed by atoms with Crippen molar-refractivity contribution in [3.8, 4) is 0 Å². The van der Waals surface area contributed by atoms with E-state index in [1.165, 1.54) is 6.92 Å². The second kappa shape index (κ2) is 7.08. The smallest absolute Gasteiger partial charge is 0.233 e. The number of likely N-dealkylation sites (N-methyl/N-ethyl adjacent to an activating group) is 1. The van der Waals surface area contributed by atoms with E-state index < -0.39 is 0 Å². The minimum atomic E-state index is -0.305.